The SMILES string of the molecule is CC(NCC(O)COc1ccc(F)cc1)c1nccs1. The molecule has 0 aliphatic carbocycles. The van der Waals surface area contributed by atoms with E-state index in [0.29, 0.717) is 12.3 Å². The van der Waals surface area contributed by atoms with Gasteiger partial charge in [-0.25, -0.2) is 9.37 Å². The van der Waals surface area contributed by atoms with Gasteiger partial charge in [0.2, 0.25) is 0 Å². The molecule has 0 spiro atoms. The van der Waals surface area contributed by atoms with E-state index in [-0.39, 0.29) is 18.5 Å². The average molecular weight is 296 g/mol. The fraction of sp³-hybridized carbons (Fsp3) is 0.357. The summed E-state index contributed by atoms with van der Waals surface area (Å²) in [6, 6.07) is 5.81. The third kappa shape index (κ3) is 4.56. The Morgan fingerprint density at radius 1 is 1.40 bits per heavy atom. The van der Waals surface area contributed by atoms with E-state index in [1.54, 1.807) is 17.5 Å². The van der Waals surface area contributed by atoms with Crippen LogP contribution in [0.5, 0.6) is 5.75 Å². The maximum Gasteiger partial charge on any atom is 0.123 e. The lowest BCUT2D eigenvalue weighted by Crippen LogP contribution is -2.33. The fourth-order valence-corrected chi connectivity index (χ4v) is 2.30. The summed E-state index contributed by atoms with van der Waals surface area (Å²) >= 11 is 1.57. The highest BCUT2D eigenvalue weighted by Crippen LogP contribution is 2.14. The molecule has 2 N–H and O–H groups in total. The number of ether oxygens (including phenoxy) is 1. The Hall–Kier alpha value is -1.50. The Balaban J connectivity index is 1.70. The second-order valence-corrected chi connectivity index (χ2v) is 5.35. The van der Waals surface area contributed by atoms with Gasteiger partial charge in [0.25, 0.3) is 0 Å². The molecule has 1 heterocycles. The zero-order chi connectivity index (χ0) is 14.4. The lowest BCUT2D eigenvalue weighted by atomic mass is 10.3. The van der Waals surface area contributed by atoms with Gasteiger partial charge in [-0.1, -0.05) is 0 Å². The molecule has 0 bridgehead atoms. The Bertz CT molecular complexity index is 504. The molecule has 0 fully saturated rings. The number of hydrogen-bond acceptors (Lipinski definition) is 5. The van der Waals surface area contributed by atoms with Gasteiger partial charge in [-0.3, -0.25) is 0 Å². The number of thiazole rings is 1. The molecule has 0 radical (unpaired) electrons. The molecule has 0 saturated heterocycles. The van der Waals surface area contributed by atoms with Gasteiger partial charge >= 0.3 is 0 Å². The lowest BCUT2D eigenvalue weighted by molar-refractivity contribution is 0.104. The zero-order valence-corrected chi connectivity index (χ0v) is 11.9. The molecule has 2 unspecified atom stereocenters. The van der Waals surface area contributed by atoms with E-state index < -0.39 is 6.10 Å². The van der Waals surface area contributed by atoms with Gasteiger partial charge in [-0.2, -0.15) is 0 Å². The molecule has 6 heteroatoms. The van der Waals surface area contributed by atoms with Crippen LogP contribution in [0.3, 0.4) is 0 Å². The quantitative estimate of drug-likeness (QED) is 0.823. The van der Waals surface area contributed by atoms with E-state index in [4.69, 9.17) is 4.74 Å². The van der Waals surface area contributed by atoms with Crippen LogP contribution < -0.4 is 10.1 Å². The molecule has 4 nitrogen and oxygen atoms in total. The summed E-state index contributed by atoms with van der Waals surface area (Å²) in [6.45, 7) is 2.55. The average Bonchev–Trinajstić information content (AvgIpc) is 2.98. The highest BCUT2D eigenvalue weighted by Gasteiger charge is 2.11. The first-order valence-corrected chi connectivity index (χ1v) is 7.22. The fourth-order valence-electron chi connectivity index (χ4n) is 1.63. The van der Waals surface area contributed by atoms with Gasteiger partial charge < -0.3 is 15.2 Å². The van der Waals surface area contributed by atoms with Gasteiger partial charge in [-0.15, -0.1) is 11.3 Å². The van der Waals surface area contributed by atoms with Crippen LogP contribution in [0.2, 0.25) is 0 Å². The molecule has 1 aromatic heterocycles. The first-order valence-electron chi connectivity index (χ1n) is 6.34. The molecule has 2 aromatic rings. The predicted octanol–water partition coefficient (Wildman–Crippen LogP) is 2.37. The lowest BCUT2D eigenvalue weighted by Gasteiger charge is -2.16. The van der Waals surface area contributed by atoms with Crippen LogP contribution in [0.15, 0.2) is 35.8 Å². The summed E-state index contributed by atoms with van der Waals surface area (Å²) < 4.78 is 18.1. The van der Waals surface area contributed by atoms with Crippen LogP contribution in [0, 0.1) is 5.82 Å². The van der Waals surface area contributed by atoms with Crippen molar-refractivity contribution in [2.24, 2.45) is 0 Å². The molecule has 2 atom stereocenters. The normalized spacial score (nSPS) is 13.9. The van der Waals surface area contributed by atoms with Crippen LogP contribution in [0.4, 0.5) is 4.39 Å². The molecule has 20 heavy (non-hydrogen) atoms. The Labute approximate surface area is 121 Å². The number of aromatic nitrogens is 1. The standard InChI is InChI=1S/C14H17FN2O2S/c1-10(14-16-6-7-20-14)17-8-12(18)9-19-13-4-2-11(15)3-5-13/h2-7,10,12,17-18H,8-9H2,1H3. The van der Waals surface area contributed by atoms with Gasteiger partial charge in [0.05, 0.1) is 6.04 Å². The van der Waals surface area contributed by atoms with Crippen molar-refractivity contribution >= 4 is 11.3 Å². The molecular weight excluding hydrogens is 279 g/mol. The highest BCUT2D eigenvalue weighted by atomic mass is 32.1. The van der Waals surface area contributed by atoms with E-state index in [9.17, 15) is 9.50 Å². The summed E-state index contributed by atoms with van der Waals surface area (Å²) in [5.74, 6) is 0.232. The van der Waals surface area contributed by atoms with E-state index in [2.05, 4.69) is 10.3 Å². The van der Waals surface area contributed by atoms with Crippen molar-refractivity contribution in [1.82, 2.24) is 10.3 Å². The largest absolute Gasteiger partial charge is 0.491 e. The first-order chi connectivity index (χ1) is 9.65. The van der Waals surface area contributed by atoms with Crippen LogP contribution in [-0.2, 0) is 0 Å². The number of hydrogen-bond donors (Lipinski definition) is 2. The van der Waals surface area contributed by atoms with Gasteiger partial charge in [0.15, 0.2) is 0 Å². The van der Waals surface area contributed by atoms with Crippen LogP contribution in [-0.4, -0.2) is 29.3 Å². The predicted molar refractivity (Wildman–Crippen MR) is 76.4 cm³/mol. The van der Waals surface area contributed by atoms with Crippen molar-refractivity contribution in [2.45, 2.75) is 19.1 Å². The third-order valence-electron chi connectivity index (χ3n) is 2.74. The number of rotatable bonds is 7. The van der Waals surface area contributed by atoms with E-state index in [1.807, 2.05) is 12.3 Å². The van der Waals surface area contributed by atoms with Crippen molar-refractivity contribution in [3.63, 3.8) is 0 Å². The van der Waals surface area contributed by atoms with Crippen molar-refractivity contribution in [2.75, 3.05) is 13.2 Å². The zero-order valence-electron chi connectivity index (χ0n) is 11.1. The molecule has 0 amide bonds. The highest BCUT2D eigenvalue weighted by molar-refractivity contribution is 7.09. The molecule has 2 rings (SSSR count). The van der Waals surface area contributed by atoms with Crippen molar-refractivity contribution in [1.29, 1.82) is 0 Å². The van der Waals surface area contributed by atoms with Crippen molar-refractivity contribution in [3.05, 3.63) is 46.7 Å². The Morgan fingerprint density at radius 3 is 2.80 bits per heavy atom. The number of nitrogens with zero attached hydrogens (tertiary/aromatic N) is 1. The minimum absolute atomic E-state index is 0.0930. The number of aliphatic hydroxyl groups is 1. The number of nitrogens with one attached hydrogen (secondary N) is 1. The smallest absolute Gasteiger partial charge is 0.123 e. The summed E-state index contributed by atoms with van der Waals surface area (Å²) in [4.78, 5) is 4.20. The molecular formula is C14H17FN2O2S. The number of aliphatic hydroxyl groups excluding tert-OH is 1. The maximum absolute atomic E-state index is 12.7. The van der Waals surface area contributed by atoms with Crippen molar-refractivity contribution < 1.29 is 14.2 Å². The Kier molecular flexibility index (Phi) is 5.46. The summed E-state index contributed by atoms with van der Waals surface area (Å²) in [7, 11) is 0. The first kappa shape index (κ1) is 14.9. The molecule has 0 aliphatic heterocycles. The summed E-state index contributed by atoms with van der Waals surface area (Å²) in [6.07, 6.45) is 1.12. The summed E-state index contributed by atoms with van der Waals surface area (Å²) in [5.41, 5.74) is 0. The van der Waals surface area contributed by atoms with Crippen LogP contribution >= 0.6 is 11.3 Å². The molecule has 0 aliphatic rings. The van der Waals surface area contributed by atoms with Crippen molar-refractivity contribution in [3.8, 4) is 5.75 Å². The van der Waals surface area contributed by atoms with Gasteiger partial charge in [0.1, 0.15) is 29.3 Å². The molecule has 108 valence electrons. The summed E-state index contributed by atoms with van der Waals surface area (Å²) in [5, 5.41) is 15.9. The van der Waals surface area contributed by atoms with E-state index >= 15 is 0 Å². The van der Waals surface area contributed by atoms with Gasteiger partial charge in [-0.05, 0) is 31.2 Å². The van der Waals surface area contributed by atoms with Crippen LogP contribution in [0.1, 0.15) is 18.0 Å². The van der Waals surface area contributed by atoms with E-state index in [1.165, 1.54) is 24.3 Å². The second-order valence-electron chi connectivity index (χ2n) is 4.42. The minimum Gasteiger partial charge on any atom is -0.491 e. The monoisotopic (exact) mass is 296 g/mol. The topological polar surface area (TPSA) is 54.4 Å². The third-order valence-corrected chi connectivity index (χ3v) is 3.70. The number of halogens is 1. The van der Waals surface area contributed by atoms with E-state index in [0.717, 1.165) is 5.01 Å². The minimum atomic E-state index is -0.637. The van der Waals surface area contributed by atoms with Crippen LogP contribution in [0.25, 0.3) is 0 Å². The molecule has 1 aromatic carbocycles. The second kappa shape index (κ2) is 7.33. The number of benzene rings is 1. The maximum atomic E-state index is 12.7. The van der Waals surface area contributed by atoms with Gasteiger partial charge in [0, 0.05) is 18.1 Å². The molecule has 0 saturated carbocycles. The Morgan fingerprint density at radius 2 is 2.15 bits per heavy atom.